The molecule has 0 spiro atoms. The van der Waals surface area contributed by atoms with Crippen LogP contribution in [0.2, 0.25) is 0 Å². The molecule has 0 aromatic carbocycles. The van der Waals surface area contributed by atoms with Gasteiger partial charge >= 0.3 is 29.6 Å². The molecule has 0 aromatic heterocycles. The molecule has 0 atom stereocenters. The summed E-state index contributed by atoms with van der Waals surface area (Å²) in [6.07, 6.45) is 0.847. The molecule has 0 aromatic rings. The fourth-order valence-corrected chi connectivity index (χ4v) is 0.794. The van der Waals surface area contributed by atoms with Crippen LogP contribution < -0.4 is 34.7 Å². The summed E-state index contributed by atoms with van der Waals surface area (Å²) in [6, 6.07) is 0. The average Bonchev–Trinajstić information content (AvgIpc) is 1.65. The zero-order valence-electron chi connectivity index (χ0n) is 5.99. The molecule has 0 rings (SSSR count). The van der Waals surface area contributed by atoms with Gasteiger partial charge in [0.25, 0.3) is 0 Å². The predicted octanol–water partition coefficient (Wildman–Crippen LogP) is -2.29. The van der Waals surface area contributed by atoms with Crippen molar-refractivity contribution < 1.29 is 39.5 Å². The Morgan fingerprint density at radius 2 is 2.00 bits per heavy atom. The molecule has 10 heavy (non-hydrogen) atoms. The molecule has 0 radical (unpaired) electrons. The third-order valence-corrected chi connectivity index (χ3v) is 1.55. The molecule has 0 aliphatic carbocycles. The van der Waals surface area contributed by atoms with Gasteiger partial charge in [-0.1, -0.05) is 36.5 Å². The van der Waals surface area contributed by atoms with E-state index in [-0.39, 0.29) is 36.0 Å². The van der Waals surface area contributed by atoms with Crippen molar-refractivity contribution in [3.63, 3.8) is 0 Å². The van der Waals surface area contributed by atoms with Gasteiger partial charge in [0.05, 0.1) is 5.97 Å². The van der Waals surface area contributed by atoms with Crippen LogP contribution in [-0.4, -0.2) is 10.3 Å². The van der Waals surface area contributed by atoms with Crippen LogP contribution in [-0.2, 0) is 4.79 Å². The van der Waals surface area contributed by atoms with E-state index in [0.29, 0.717) is 6.42 Å². The quantitative estimate of drug-likeness (QED) is 0.374. The van der Waals surface area contributed by atoms with Crippen LogP contribution in [0.4, 0.5) is 0 Å². The molecule has 0 saturated carbocycles. The van der Waals surface area contributed by atoms with Gasteiger partial charge in [0.15, 0.2) is 4.33 Å². The van der Waals surface area contributed by atoms with Crippen molar-refractivity contribution in [3.8, 4) is 0 Å². The zero-order valence-corrected chi connectivity index (χ0v) is 9.50. The van der Waals surface area contributed by atoms with Gasteiger partial charge in [0.2, 0.25) is 0 Å². The number of hydrogen-bond donors (Lipinski definition) is 0. The second kappa shape index (κ2) is 5.67. The molecular formula is C5H7Cl2NaO2. The monoisotopic (exact) mass is 192 g/mol. The third-order valence-electron chi connectivity index (χ3n) is 0.863. The Morgan fingerprint density at radius 1 is 1.60 bits per heavy atom. The van der Waals surface area contributed by atoms with Crippen molar-refractivity contribution in [2.75, 3.05) is 0 Å². The number of rotatable bonds is 3. The molecule has 0 aliphatic rings. The molecule has 0 heterocycles. The van der Waals surface area contributed by atoms with Gasteiger partial charge in [-0.2, -0.15) is 0 Å². The van der Waals surface area contributed by atoms with Gasteiger partial charge in [0.1, 0.15) is 0 Å². The maximum Gasteiger partial charge on any atom is 1.00 e. The van der Waals surface area contributed by atoms with Gasteiger partial charge in [-0.05, 0) is 6.42 Å². The number of halogens is 2. The van der Waals surface area contributed by atoms with Crippen LogP contribution in [0, 0.1) is 0 Å². The maximum atomic E-state index is 10.0. The molecule has 0 fully saturated rings. The Morgan fingerprint density at radius 3 is 2.10 bits per heavy atom. The van der Waals surface area contributed by atoms with Crippen molar-refractivity contribution >= 4 is 29.2 Å². The Labute approximate surface area is 92.2 Å². The van der Waals surface area contributed by atoms with E-state index in [0.717, 1.165) is 0 Å². The van der Waals surface area contributed by atoms with Crippen LogP contribution in [0.1, 0.15) is 19.8 Å². The van der Waals surface area contributed by atoms with Crippen molar-refractivity contribution in [1.82, 2.24) is 0 Å². The van der Waals surface area contributed by atoms with Gasteiger partial charge in [-0.15, -0.1) is 0 Å². The first-order valence-corrected chi connectivity index (χ1v) is 3.35. The molecule has 0 unspecified atom stereocenters. The van der Waals surface area contributed by atoms with E-state index in [1.54, 1.807) is 6.92 Å². The molecule has 0 aliphatic heterocycles. The summed E-state index contributed by atoms with van der Waals surface area (Å²) in [6.45, 7) is 1.79. The third kappa shape index (κ3) is 4.80. The molecule has 0 saturated heterocycles. The fraction of sp³-hybridized carbons (Fsp3) is 0.800. The van der Waals surface area contributed by atoms with E-state index in [4.69, 9.17) is 23.2 Å². The van der Waals surface area contributed by atoms with Crippen molar-refractivity contribution in [2.24, 2.45) is 0 Å². The van der Waals surface area contributed by atoms with Gasteiger partial charge in [0, 0.05) is 0 Å². The normalized spacial score (nSPS) is 10.3. The summed E-state index contributed by atoms with van der Waals surface area (Å²) in [4.78, 5) is 10.0. The summed E-state index contributed by atoms with van der Waals surface area (Å²) in [5.41, 5.74) is 0. The maximum absolute atomic E-state index is 10.0. The van der Waals surface area contributed by atoms with E-state index in [2.05, 4.69) is 0 Å². The first-order chi connectivity index (χ1) is 4.00. The fourth-order valence-electron chi connectivity index (χ4n) is 0.416. The second-order valence-corrected chi connectivity index (χ2v) is 3.23. The smallest absolute Gasteiger partial charge is 0.547 e. The summed E-state index contributed by atoms with van der Waals surface area (Å²) in [5, 5.41) is 10.0. The molecule has 54 valence electrons. The zero-order chi connectivity index (χ0) is 7.49. The second-order valence-electron chi connectivity index (χ2n) is 1.74. The topological polar surface area (TPSA) is 40.1 Å². The van der Waals surface area contributed by atoms with Gasteiger partial charge in [-0.3, -0.25) is 0 Å². The Balaban J connectivity index is 0. The minimum atomic E-state index is -1.70. The Bertz CT molecular complexity index is 116. The van der Waals surface area contributed by atoms with Crippen LogP contribution in [0.25, 0.3) is 0 Å². The number of carbonyl (C=O) groups is 1. The SMILES string of the molecule is CCCC(Cl)(Cl)C(=O)[O-].[Na+]. The first kappa shape index (κ1) is 13.6. The molecule has 5 heteroatoms. The number of alkyl halides is 2. The minimum absolute atomic E-state index is 0. The molecule has 0 bridgehead atoms. The Kier molecular flexibility index (Phi) is 7.72. The van der Waals surface area contributed by atoms with Crippen molar-refractivity contribution in [2.45, 2.75) is 24.1 Å². The molecule has 0 N–H and O–H groups in total. The van der Waals surface area contributed by atoms with Crippen LogP contribution >= 0.6 is 23.2 Å². The molecule has 2 nitrogen and oxygen atoms in total. The van der Waals surface area contributed by atoms with Crippen molar-refractivity contribution in [3.05, 3.63) is 0 Å². The first-order valence-electron chi connectivity index (χ1n) is 2.60. The molecule has 0 amide bonds. The van der Waals surface area contributed by atoms with E-state index >= 15 is 0 Å². The Hall–Kier alpha value is 1.05. The van der Waals surface area contributed by atoms with Gasteiger partial charge < -0.3 is 9.90 Å². The van der Waals surface area contributed by atoms with E-state index in [1.807, 2.05) is 0 Å². The summed E-state index contributed by atoms with van der Waals surface area (Å²) in [5.74, 6) is -1.42. The number of aliphatic carboxylic acids is 1. The van der Waals surface area contributed by atoms with Crippen LogP contribution in [0.3, 0.4) is 0 Å². The summed E-state index contributed by atoms with van der Waals surface area (Å²) < 4.78 is -1.70. The predicted molar refractivity (Wildman–Crippen MR) is 34.4 cm³/mol. The summed E-state index contributed by atoms with van der Waals surface area (Å²) >= 11 is 10.5. The van der Waals surface area contributed by atoms with Gasteiger partial charge in [-0.25, -0.2) is 0 Å². The van der Waals surface area contributed by atoms with Crippen LogP contribution in [0.15, 0.2) is 0 Å². The number of carboxylic acid groups (broad SMARTS) is 1. The largest absolute Gasteiger partial charge is 1.00 e. The van der Waals surface area contributed by atoms with Crippen molar-refractivity contribution in [1.29, 1.82) is 0 Å². The van der Waals surface area contributed by atoms with E-state index in [1.165, 1.54) is 0 Å². The van der Waals surface area contributed by atoms with E-state index < -0.39 is 10.3 Å². The summed E-state index contributed by atoms with van der Waals surface area (Å²) in [7, 11) is 0. The average molecular weight is 193 g/mol. The number of carbonyl (C=O) groups excluding carboxylic acids is 1. The minimum Gasteiger partial charge on any atom is -0.547 e. The molecular weight excluding hydrogens is 186 g/mol. The number of carboxylic acids is 1. The van der Waals surface area contributed by atoms with Crippen LogP contribution in [0.5, 0.6) is 0 Å². The standard InChI is InChI=1S/C5H8Cl2O2.Na/c1-2-3-5(6,7)4(8)9;/h2-3H2,1H3,(H,8,9);/q;+1/p-1. The number of hydrogen-bond acceptors (Lipinski definition) is 2. The van der Waals surface area contributed by atoms with E-state index in [9.17, 15) is 9.90 Å².